The van der Waals surface area contributed by atoms with Crippen LogP contribution in [0.25, 0.3) is 0 Å². The number of carbonyl (C=O) groups excluding carboxylic acids is 1. The predicted octanol–water partition coefficient (Wildman–Crippen LogP) is 2.21. The molecule has 1 aromatic rings. The number of nitrogens with zero attached hydrogens (tertiary/aromatic N) is 1. The van der Waals surface area contributed by atoms with Crippen LogP contribution in [0.2, 0.25) is 0 Å². The number of esters is 1. The van der Waals surface area contributed by atoms with E-state index in [1.54, 1.807) is 0 Å². The van der Waals surface area contributed by atoms with E-state index in [1.165, 1.54) is 0 Å². The van der Waals surface area contributed by atoms with Crippen LogP contribution in [0, 0.1) is 0 Å². The van der Waals surface area contributed by atoms with Gasteiger partial charge in [-0.25, -0.2) is 9.78 Å². The summed E-state index contributed by atoms with van der Waals surface area (Å²) < 4.78 is 44.3. The Labute approximate surface area is 104 Å². The summed E-state index contributed by atoms with van der Waals surface area (Å²) in [6, 6.07) is 0. The zero-order valence-corrected chi connectivity index (χ0v) is 9.67. The monoisotopic (exact) mass is 285 g/mol. The molecule has 0 amide bonds. The minimum absolute atomic E-state index is 0.209. The molecule has 1 aromatic heterocycles. The van der Waals surface area contributed by atoms with Gasteiger partial charge >= 0.3 is 12.3 Å². The van der Waals surface area contributed by atoms with Gasteiger partial charge in [-0.05, 0) is 0 Å². The summed E-state index contributed by atoms with van der Waals surface area (Å²) >= 11 is 5.38. The lowest BCUT2D eigenvalue weighted by atomic mass is 10.2. The first-order valence-corrected chi connectivity index (χ1v) is 4.94. The quantitative estimate of drug-likeness (QED) is 0.681. The standard InChI is InChI=1S/C9H7ClF3NO4/c1-17-8(16)5-6(15)7(18-9(11,12)13)4(2-10)3-14-5/h3,15H,2H2,1H3. The molecule has 0 aliphatic heterocycles. The average molecular weight is 286 g/mol. The molecular weight excluding hydrogens is 279 g/mol. The number of halogens is 4. The fourth-order valence-corrected chi connectivity index (χ4v) is 1.28. The third-order valence-corrected chi connectivity index (χ3v) is 2.11. The molecular formula is C9H7ClF3NO4. The Hall–Kier alpha value is -1.70. The van der Waals surface area contributed by atoms with E-state index in [1.807, 2.05) is 0 Å². The van der Waals surface area contributed by atoms with E-state index in [0.29, 0.717) is 0 Å². The summed E-state index contributed by atoms with van der Waals surface area (Å²) in [5.41, 5.74) is -0.898. The van der Waals surface area contributed by atoms with Crippen LogP contribution in [-0.4, -0.2) is 29.5 Å². The van der Waals surface area contributed by atoms with Crippen LogP contribution in [0.3, 0.4) is 0 Å². The van der Waals surface area contributed by atoms with Gasteiger partial charge in [0.1, 0.15) is 0 Å². The Morgan fingerprint density at radius 1 is 1.56 bits per heavy atom. The predicted molar refractivity (Wildman–Crippen MR) is 53.5 cm³/mol. The number of carbonyl (C=O) groups is 1. The van der Waals surface area contributed by atoms with E-state index in [-0.39, 0.29) is 11.4 Å². The minimum atomic E-state index is -5.03. The molecule has 0 radical (unpaired) electrons. The van der Waals surface area contributed by atoms with Crippen LogP contribution in [-0.2, 0) is 10.6 Å². The highest BCUT2D eigenvalue weighted by molar-refractivity contribution is 6.17. The number of pyridine rings is 1. The van der Waals surface area contributed by atoms with Crippen LogP contribution in [0.4, 0.5) is 13.2 Å². The summed E-state index contributed by atoms with van der Waals surface area (Å²) in [5.74, 6) is -3.51. The second-order valence-electron chi connectivity index (χ2n) is 2.98. The zero-order valence-electron chi connectivity index (χ0n) is 8.92. The fraction of sp³-hybridized carbons (Fsp3) is 0.333. The van der Waals surface area contributed by atoms with Crippen molar-refractivity contribution >= 4 is 17.6 Å². The Kier molecular flexibility index (Phi) is 4.23. The Balaban J connectivity index is 3.31. The Bertz CT molecular complexity index is 464. The lowest BCUT2D eigenvalue weighted by molar-refractivity contribution is -0.275. The van der Waals surface area contributed by atoms with Crippen LogP contribution in [0.15, 0.2) is 6.20 Å². The van der Waals surface area contributed by atoms with Gasteiger partial charge < -0.3 is 14.6 Å². The van der Waals surface area contributed by atoms with E-state index in [2.05, 4.69) is 14.5 Å². The molecule has 0 spiro atoms. The maximum Gasteiger partial charge on any atom is 0.573 e. The molecule has 5 nitrogen and oxygen atoms in total. The zero-order chi connectivity index (χ0) is 13.9. The lowest BCUT2D eigenvalue weighted by Gasteiger charge is -2.14. The molecule has 0 saturated carbocycles. The van der Waals surface area contributed by atoms with Gasteiger partial charge in [0.05, 0.1) is 13.0 Å². The van der Waals surface area contributed by atoms with E-state index in [0.717, 1.165) is 13.3 Å². The summed E-state index contributed by atoms with van der Waals surface area (Å²) in [7, 11) is 0.989. The van der Waals surface area contributed by atoms with Gasteiger partial charge in [-0.3, -0.25) is 0 Å². The van der Waals surface area contributed by atoms with Crippen molar-refractivity contribution in [3.8, 4) is 11.5 Å². The van der Waals surface area contributed by atoms with Crippen molar-refractivity contribution < 1.29 is 32.5 Å². The first kappa shape index (κ1) is 14.4. The molecule has 0 aliphatic rings. The maximum atomic E-state index is 12.1. The molecule has 18 heavy (non-hydrogen) atoms. The van der Waals surface area contributed by atoms with Gasteiger partial charge in [0.15, 0.2) is 17.2 Å². The van der Waals surface area contributed by atoms with Gasteiger partial charge in [0, 0.05) is 11.8 Å². The number of methoxy groups -OCH3 is 1. The topological polar surface area (TPSA) is 68.7 Å². The third-order valence-electron chi connectivity index (χ3n) is 1.82. The molecule has 9 heteroatoms. The van der Waals surface area contributed by atoms with E-state index in [4.69, 9.17) is 11.6 Å². The van der Waals surface area contributed by atoms with Crippen molar-refractivity contribution in [3.05, 3.63) is 17.5 Å². The molecule has 1 rings (SSSR count). The molecule has 0 fully saturated rings. The molecule has 1 N–H and O–H groups in total. The van der Waals surface area contributed by atoms with Crippen LogP contribution in [0.1, 0.15) is 16.1 Å². The Morgan fingerprint density at radius 3 is 2.61 bits per heavy atom. The van der Waals surface area contributed by atoms with Crippen LogP contribution < -0.4 is 4.74 Å². The van der Waals surface area contributed by atoms with Gasteiger partial charge in [-0.1, -0.05) is 0 Å². The average Bonchev–Trinajstić information content (AvgIpc) is 2.29. The number of alkyl halides is 4. The normalized spacial score (nSPS) is 11.2. The summed E-state index contributed by atoms with van der Waals surface area (Å²) in [4.78, 5) is 14.6. The van der Waals surface area contributed by atoms with E-state index < -0.39 is 29.5 Å². The molecule has 0 unspecified atom stereocenters. The summed E-state index contributed by atoms with van der Waals surface area (Å²) in [5, 5.41) is 9.52. The van der Waals surface area contributed by atoms with E-state index in [9.17, 15) is 23.1 Å². The van der Waals surface area contributed by atoms with Crippen molar-refractivity contribution in [1.29, 1.82) is 0 Å². The highest BCUT2D eigenvalue weighted by Crippen LogP contribution is 2.37. The number of ether oxygens (including phenoxy) is 2. The summed E-state index contributed by atoms with van der Waals surface area (Å²) in [6.07, 6.45) is -4.15. The van der Waals surface area contributed by atoms with Crippen LogP contribution in [0.5, 0.6) is 11.5 Å². The lowest BCUT2D eigenvalue weighted by Crippen LogP contribution is -2.19. The highest BCUT2D eigenvalue weighted by atomic mass is 35.5. The van der Waals surface area contributed by atoms with Crippen molar-refractivity contribution in [1.82, 2.24) is 4.98 Å². The van der Waals surface area contributed by atoms with Gasteiger partial charge in [-0.15, -0.1) is 24.8 Å². The first-order valence-electron chi connectivity index (χ1n) is 4.41. The molecule has 0 saturated heterocycles. The SMILES string of the molecule is COC(=O)c1ncc(CCl)c(OC(F)(F)F)c1O. The van der Waals surface area contributed by atoms with Gasteiger partial charge in [0.2, 0.25) is 0 Å². The molecule has 1 heterocycles. The molecule has 0 aliphatic carbocycles. The fourth-order valence-electron chi connectivity index (χ4n) is 1.09. The number of aromatic hydroxyl groups is 1. The van der Waals surface area contributed by atoms with Crippen molar-refractivity contribution in [2.75, 3.05) is 7.11 Å². The summed E-state index contributed by atoms with van der Waals surface area (Å²) in [6.45, 7) is 0. The second kappa shape index (κ2) is 5.30. The van der Waals surface area contributed by atoms with Crippen molar-refractivity contribution in [3.63, 3.8) is 0 Å². The minimum Gasteiger partial charge on any atom is -0.503 e. The number of rotatable bonds is 3. The van der Waals surface area contributed by atoms with Crippen molar-refractivity contribution in [2.45, 2.75) is 12.2 Å². The number of hydrogen-bond donors (Lipinski definition) is 1. The number of aromatic nitrogens is 1. The first-order chi connectivity index (χ1) is 8.30. The van der Waals surface area contributed by atoms with Crippen LogP contribution >= 0.6 is 11.6 Å². The van der Waals surface area contributed by atoms with Crippen molar-refractivity contribution in [2.24, 2.45) is 0 Å². The maximum absolute atomic E-state index is 12.1. The molecule has 0 aromatic carbocycles. The molecule has 0 atom stereocenters. The number of hydrogen-bond acceptors (Lipinski definition) is 5. The Morgan fingerprint density at radius 2 is 2.17 bits per heavy atom. The van der Waals surface area contributed by atoms with Gasteiger partial charge in [-0.2, -0.15) is 0 Å². The molecule has 0 bridgehead atoms. The van der Waals surface area contributed by atoms with E-state index >= 15 is 0 Å². The second-order valence-corrected chi connectivity index (χ2v) is 3.25. The highest BCUT2D eigenvalue weighted by Gasteiger charge is 2.35. The molecule has 100 valence electrons. The largest absolute Gasteiger partial charge is 0.573 e. The third kappa shape index (κ3) is 3.16. The smallest absolute Gasteiger partial charge is 0.503 e. The van der Waals surface area contributed by atoms with Gasteiger partial charge in [0.25, 0.3) is 0 Å².